The molecule has 27 heavy (non-hydrogen) atoms. The second-order valence-electron chi connectivity index (χ2n) is 9.56. The van der Waals surface area contributed by atoms with Crippen molar-refractivity contribution in [3.05, 3.63) is 23.8 Å². The molecule has 0 aromatic rings. The molecule has 4 aliphatic carbocycles. The van der Waals surface area contributed by atoms with E-state index < -0.39 is 0 Å². The minimum Gasteiger partial charge on any atom is -0.462 e. The van der Waals surface area contributed by atoms with Gasteiger partial charge in [0.05, 0.1) is 0 Å². The van der Waals surface area contributed by atoms with Crippen LogP contribution in [0.2, 0.25) is 0 Å². The number of hydrogen-bond acceptors (Lipinski definition) is 4. The number of allylic oxidation sites excluding steroid dienone is 4. The Hall–Kier alpha value is -1.71. The molecule has 0 unspecified atom stereocenters. The predicted octanol–water partition coefficient (Wildman–Crippen LogP) is 4.04. The van der Waals surface area contributed by atoms with Crippen molar-refractivity contribution in [1.82, 2.24) is 0 Å². The Labute approximate surface area is 161 Å². The molecule has 0 saturated heterocycles. The maximum atomic E-state index is 13.4. The summed E-state index contributed by atoms with van der Waals surface area (Å²) < 4.78 is 5.77. The van der Waals surface area contributed by atoms with Crippen LogP contribution in [-0.2, 0) is 19.1 Å². The minimum absolute atomic E-state index is 0.0354. The topological polar surface area (TPSA) is 60.4 Å². The van der Waals surface area contributed by atoms with Crippen LogP contribution < -0.4 is 0 Å². The zero-order chi connectivity index (χ0) is 19.6. The Bertz CT molecular complexity index is 762. The summed E-state index contributed by atoms with van der Waals surface area (Å²) in [6.07, 6.45) is 8.89. The first-order chi connectivity index (χ1) is 12.7. The largest absolute Gasteiger partial charge is 0.462 e. The SMILES string of the molecule is CCC(=O)O[C@@H]1CC[C@H]2[C@@H]3C[C@H](C)C4=CC(=O)C=C[C@]4(C)[C@H]3C(=O)C[C@]12C. The van der Waals surface area contributed by atoms with Crippen LogP contribution in [0.4, 0.5) is 0 Å². The fourth-order valence-corrected chi connectivity index (χ4v) is 6.85. The fourth-order valence-electron chi connectivity index (χ4n) is 6.85. The molecule has 0 aromatic heterocycles. The van der Waals surface area contributed by atoms with E-state index in [2.05, 4.69) is 20.8 Å². The normalized spacial score (nSPS) is 45.6. The van der Waals surface area contributed by atoms with E-state index in [1.807, 2.05) is 13.0 Å². The van der Waals surface area contributed by atoms with Crippen molar-refractivity contribution in [2.75, 3.05) is 0 Å². The molecule has 7 atom stereocenters. The summed E-state index contributed by atoms with van der Waals surface area (Å²) in [5, 5.41) is 0. The predicted molar refractivity (Wildman–Crippen MR) is 102 cm³/mol. The third kappa shape index (κ3) is 2.59. The Morgan fingerprint density at radius 2 is 2.00 bits per heavy atom. The number of esters is 1. The summed E-state index contributed by atoms with van der Waals surface area (Å²) >= 11 is 0. The van der Waals surface area contributed by atoms with E-state index >= 15 is 0 Å². The van der Waals surface area contributed by atoms with Gasteiger partial charge in [0.2, 0.25) is 0 Å². The molecule has 3 saturated carbocycles. The maximum Gasteiger partial charge on any atom is 0.305 e. The van der Waals surface area contributed by atoms with Gasteiger partial charge in [-0.25, -0.2) is 0 Å². The lowest BCUT2D eigenvalue weighted by molar-refractivity contribution is -0.164. The van der Waals surface area contributed by atoms with Crippen LogP contribution in [0.15, 0.2) is 23.8 Å². The van der Waals surface area contributed by atoms with E-state index in [0.29, 0.717) is 18.8 Å². The van der Waals surface area contributed by atoms with Crippen molar-refractivity contribution in [3.63, 3.8) is 0 Å². The monoisotopic (exact) mass is 370 g/mol. The molecule has 0 radical (unpaired) electrons. The zero-order valence-electron chi connectivity index (χ0n) is 16.8. The number of carbonyl (C=O) groups excluding carboxylic acids is 3. The van der Waals surface area contributed by atoms with Crippen molar-refractivity contribution >= 4 is 17.5 Å². The summed E-state index contributed by atoms with van der Waals surface area (Å²) in [6.45, 7) is 8.30. The van der Waals surface area contributed by atoms with Crippen LogP contribution in [0.25, 0.3) is 0 Å². The summed E-state index contributed by atoms with van der Waals surface area (Å²) in [7, 11) is 0. The number of ether oxygens (including phenoxy) is 1. The first-order valence-corrected chi connectivity index (χ1v) is 10.4. The number of rotatable bonds is 2. The molecule has 0 bridgehead atoms. The lowest BCUT2D eigenvalue weighted by atomic mass is 9.46. The van der Waals surface area contributed by atoms with E-state index in [9.17, 15) is 14.4 Å². The van der Waals surface area contributed by atoms with Gasteiger partial charge >= 0.3 is 5.97 Å². The molecule has 4 rings (SSSR count). The van der Waals surface area contributed by atoms with E-state index in [0.717, 1.165) is 24.8 Å². The van der Waals surface area contributed by atoms with Crippen LogP contribution >= 0.6 is 0 Å². The lowest BCUT2D eigenvalue weighted by Crippen LogP contribution is -2.56. The Morgan fingerprint density at radius 3 is 2.70 bits per heavy atom. The first kappa shape index (κ1) is 18.6. The van der Waals surface area contributed by atoms with Crippen molar-refractivity contribution < 1.29 is 19.1 Å². The van der Waals surface area contributed by atoms with Crippen molar-refractivity contribution in [1.29, 1.82) is 0 Å². The molecule has 0 amide bonds. The molecule has 146 valence electrons. The molecule has 4 heteroatoms. The highest BCUT2D eigenvalue weighted by atomic mass is 16.5. The number of ketones is 2. The van der Waals surface area contributed by atoms with Crippen LogP contribution in [0.5, 0.6) is 0 Å². The first-order valence-electron chi connectivity index (χ1n) is 10.4. The molecule has 0 N–H and O–H groups in total. The number of carbonyl (C=O) groups is 3. The molecule has 0 aliphatic heterocycles. The van der Waals surface area contributed by atoms with Crippen LogP contribution in [0.1, 0.15) is 59.8 Å². The van der Waals surface area contributed by atoms with Crippen molar-refractivity contribution in [2.45, 2.75) is 65.9 Å². The quantitative estimate of drug-likeness (QED) is 0.688. The number of Topliss-reactive ketones (excluding diaryl/α,β-unsaturated/α-hetero) is 1. The van der Waals surface area contributed by atoms with E-state index in [1.54, 1.807) is 12.2 Å². The highest BCUT2D eigenvalue weighted by Gasteiger charge is 2.63. The van der Waals surface area contributed by atoms with Crippen LogP contribution in [0.3, 0.4) is 0 Å². The summed E-state index contributed by atoms with van der Waals surface area (Å²) in [4.78, 5) is 37.3. The second kappa shape index (κ2) is 6.15. The van der Waals surface area contributed by atoms with Gasteiger partial charge in [-0.05, 0) is 49.2 Å². The van der Waals surface area contributed by atoms with Crippen molar-refractivity contribution in [3.8, 4) is 0 Å². The highest BCUT2D eigenvalue weighted by Crippen LogP contribution is 2.64. The Kier molecular flexibility index (Phi) is 4.25. The standard InChI is InChI=1S/C23H30O4/c1-5-20(26)27-19-7-6-16-15-10-13(2)17-11-14(24)8-9-22(17,3)21(15)18(25)12-23(16,19)4/h8-9,11,13,15-16,19,21H,5-7,10,12H2,1-4H3/t13-,15-,16-,19+,21+,22-,23-/m0/s1. The third-order valence-corrected chi connectivity index (χ3v) is 8.05. The molecule has 0 heterocycles. The summed E-state index contributed by atoms with van der Waals surface area (Å²) in [6, 6.07) is 0. The van der Waals surface area contributed by atoms with Gasteiger partial charge in [-0.1, -0.05) is 39.3 Å². The summed E-state index contributed by atoms with van der Waals surface area (Å²) in [5.74, 6) is 1.05. The van der Waals surface area contributed by atoms with Gasteiger partial charge in [0, 0.05) is 29.6 Å². The average Bonchev–Trinajstić information content (AvgIpc) is 2.92. The fraction of sp³-hybridized carbons (Fsp3) is 0.696. The molecule has 4 nitrogen and oxygen atoms in total. The van der Waals surface area contributed by atoms with E-state index in [1.165, 1.54) is 0 Å². The average molecular weight is 370 g/mol. The van der Waals surface area contributed by atoms with Gasteiger partial charge in [0.25, 0.3) is 0 Å². The molecule has 0 spiro atoms. The summed E-state index contributed by atoms with van der Waals surface area (Å²) in [5.41, 5.74) is 0.515. The van der Waals surface area contributed by atoms with Gasteiger partial charge < -0.3 is 4.74 Å². The maximum absolute atomic E-state index is 13.4. The minimum atomic E-state index is -0.354. The lowest BCUT2D eigenvalue weighted by Gasteiger charge is -2.57. The Balaban J connectivity index is 1.70. The van der Waals surface area contributed by atoms with Crippen LogP contribution in [0, 0.1) is 34.5 Å². The number of hydrogen-bond donors (Lipinski definition) is 0. The van der Waals surface area contributed by atoms with E-state index in [-0.39, 0.29) is 52.2 Å². The van der Waals surface area contributed by atoms with E-state index in [4.69, 9.17) is 4.74 Å². The van der Waals surface area contributed by atoms with Gasteiger partial charge in [-0.2, -0.15) is 0 Å². The highest BCUT2D eigenvalue weighted by molar-refractivity contribution is 6.02. The molecule has 0 aromatic carbocycles. The van der Waals surface area contributed by atoms with Gasteiger partial charge in [-0.3, -0.25) is 14.4 Å². The van der Waals surface area contributed by atoms with Gasteiger partial charge in [-0.15, -0.1) is 0 Å². The van der Waals surface area contributed by atoms with Gasteiger partial charge in [0.15, 0.2) is 5.78 Å². The zero-order valence-corrected chi connectivity index (χ0v) is 16.8. The smallest absolute Gasteiger partial charge is 0.305 e. The second-order valence-corrected chi connectivity index (χ2v) is 9.56. The Morgan fingerprint density at radius 1 is 1.26 bits per heavy atom. The molecular formula is C23H30O4. The molecular weight excluding hydrogens is 340 g/mol. The van der Waals surface area contributed by atoms with Crippen molar-refractivity contribution in [2.24, 2.45) is 34.5 Å². The number of fused-ring (bicyclic) bond motifs is 5. The molecule has 3 fully saturated rings. The van der Waals surface area contributed by atoms with Gasteiger partial charge in [0.1, 0.15) is 11.9 Å². The van der Waals surface area contributed by atoms with Crippen LogP contribution in [-0.4, -0.2) is 23.6 Å². The third-order valence-electron chi connectivity index (χ3n) is 8.05. The molecule has 4 aliphatic rings.